The van der Waals surface area contributed by atoms with Gasteiger partial charge in [-0.3, -0.25) is 0 Å². The Kier molecular flexibility index (Phi) is 7.25. The zero-order valence-corrected chi connectivity index (χ0v) is 18.3. The van der Waals surface area contributed by atoms with Crippen molar-refractivity contribution in [2.24, 2.45) is 0 Å². The summed E-state index contributed by atoms with van der Waals surface area (Å²) in [6.45, 7) is 0.764. The summed E-state index contributed by atoms with van der Waals surface area (Å²) in [4.78, 5) is 0. The number of anilines is 1. The molecule has 2 N–H and O–H groups in total. The number of hydrogen-bond donors (Lipinski definition) is 2. The second kappa shape index (κ2) is 9.68. The smallest absolute Gasteiger partial charge is 0.180 e. The molecule has 0 saturated carbocycles. The topological polar surface area (TPSA) is 50.7 Å². The average molecular weight is 473 g/mol. The average Bonchev–Trinajstić information content (AvgIpc) is 2.70. The number of rotatable bonds is 7. The van der Waals surface area contributed by atoms with Gasteiger partial charge in [-0.15, -0.1) is 0 Å². The van der Waals surface area contributed by atoms with Gasteiger partial charge < -0.3 is 19.9 Å². The van der Waals surface area contributed by atoms with Crippen LogP contribution in [-0.4, -0.2) is 12.2 Å². The number of phenols is 1. The highest BCUT2D eigenvalue weighted by Gasteiger charge is 2.13. The van der Waals surface area contributed by atoms with Crippen LogP contribution in [0.4, 0.5) is 5.69 Å². The first-order valence-corrected chi connectivity index (χ1v) is 10.0. The molecule has 0 unspecified atom stereocenters. The second-order valence-electron chi connectivity index (χ2n) is 6.17. The number of halogens is 4. The molecule has 0 aromatic heterocycles. The minimum absolute atomic E-state index is 0.147. The van der Waals surface area contributed by atoms with Crippen molar-refractivity contribution in [3.8, 4) is 17.2 Å². The maximum atomic E-state index is 9.65. The molecule has 0 fully saturated rings. The van der Waals surface area contributed by atoms with E-state index in [0.717, 1.165) is 11.1 Å². The molecular formula is C21H17Cl4NO3. The third-order valence-electron chi connectivity index (χ3n) is 4.10. The van der Waals surface area contributed by atoms with E-state index in [1.165, 1.54) is 0 Å². The van der Waals surface area contributed by atoms with Crippen molar-refractivity contribution in [2.45, 2.75) is 13.2 Å². The lowest BCUT2D eigenvalue weighted by molar-refractivity contribution is 0.284. The van der Waals surface area contributed by atoms with Crippen LogP contribution in [0.5, 0.6) is 17.2 Å². The minimum atomic E-state index is -0.147. The molecule has 8 heteroatoms. The number of phenolic OH excluding ortho intramolecular Hbond substituents is 1. The SMILES string of the molecule is COc1cc(CNc2cc(Cl)c(O)c(Cl)c2)cc(Cl)c1OCc1ccc(Cl)cc1. The minimum Gasteiger partial charge on any atom is -0.505 e. The second-order valence-corrected chi connectivity index (χ2v) is 7.82. The molecule has 0 radical (unpaired) electrons. The highest BCUT2D eigenvalue weighted by atomic mass is 35.5. The van der Waals surface area contributed by atoms with Crippen LogP contribution in [0.3, 0.4) is 0 Å². The van der Waals surface area contributed by atoms with Gasteiger partial charge in [0.05, 0.1) is 22.2 Å². The lowest BCUT2D eigenvalue weighted by atomic mass is 10.2. The fourth-order valence-electron chi connectivity index (χ4n) is 2.62. The van der Waals surface area contributed by atoms with Crippen molar-refractivity contribution in [3.63, 3.8) is 0 Å². The van der Waals surface area contributed by atoms with Gasteiger partial charge in [-0.1, -0.05) is 58.5 Å². The van der Waals surface area contributed by atoms with E-state index in [-0.39, 0.29) is 15.8 Å². The molecule has 0 aliphatic heterocycles. The molecular weight excluding hydrogens is 456 g/mol. The van der Waals surface area contributed by atoms with Gasteiger partial charge in [-0.2, -0.15) is 0 Å². The molecule has 0 aliphatic carbocycles. The summed E-state index contributed by atoms with van der Waals surface area (Å²) >= 11 is 24.2. The number of ether oxygens (including phenoxy) is 2. The maximum Gasteiger partial charge on any atom is 0.180 e. The Labute approximate surface area is 188 Å². The third kappa shape index (κ3) is 5.55. The molecule has 0 atom stereocenters. The van der Waals surface area contributed by atoms with Gasteiger partial charge in [-0.05, 0) is 47.5 Å². The number of nitrogens with one attached hydrogen (secondary N) is 1. The monoisotopic (exact) mass is 471 g/mol. The van der Waals surface area contributed by atoms with E-state index in [1.807, 2.05) is 18.2 Å². The van der Waals surface area contributed by atoms with Crippen molar-refractivity contribution in [2.75, 3.05) is 12.4 Å². The van der Waals surface area contributed by atoms with Crippen molar-refractivity contribution in [1.29, 1.82) is 0 Å². The van der Waals surface area contributed by atoms with Crippen molar-refractivity contribution in [3.05, 3.63) is 79.7 Å². The highest BCUT2D eigenvalue weighted by Crippen LogP contribution is 2.38. The van der Waals surface area contributed by atoms with Crippen molar-refractivity contribution in [1.82, 2.24) is 0 Å². The van der Waals surface area contributed by atoms with E-state index in [1.54, 1.807) is 37.4 Å². The van der Waals surface area contributed by atoms with Crippen molar-refractivity contribution >= 4 is 52.1 Å². The molecule has 0 saturated heterocycles. The Bertz CT molecular complexity index is 987. The van der Waals surface area contributed by atoms with E-state index < -0.39 is 0 Å². The Hall–Kier alpha value is -1.98. The zero-order chi connectivity index (χ0) is 21.0. The molecule has 29 heavy (non-hydrogen) atoms. The van der Waals surface area contributed by atoms with Crippen LogP contribution >= 0.6 is 46.4 Å². The van der Waals surface area contributed by atoms with Crippen LogP contribution in [0.1, 0.15) is 11.1 Å². The molecule has 4 nitrogen and oxygen atoms in total. The van der Waals surface area contributed by atoms with E-state index in [4.69, 9.17) is 55.9 Å². The van der Waals surface area contributed by atoms with Crippen LogP contribution in [0.25, 0.3) is 0 Å². The van der Waals surface area contributed by atoms with Gasteiger partial charge >= 0.3 is 0 Å². The summed E-state index contributed by atoms with van der Waals surface area (Å²) in [6, 6.07) is 14.2. The van der Waals surface area contributed by atoms with E-state index in [9.17, 15) is 5.11 Å². The lowest BCUT2D eigenvalue weighted by Gasteiger charge is -2.15. The molecule has 3 rings (SSSR count). The van der Waals surface area contributed by atoms with E-state index in [2.05, 4.69) is 5.32 Å². The number of hydrogen-bond acceptors (Lipinski definition) is 4. The summed E-state index contributed by atoms with van der Waals surface area (Å²) < 4.78 is 11.3. The summed E-state index contributed by atoms with van der Waals surface area (Å²) in [6.07, 6.45) is 0. The molecule has 0 aliphatic rings. The number of methoxy groups -OCH3 is 1. The molecule has 0 amide bonds. The predicted octanol–water partition coefficient (Wildman–Crippen LogP) is 7.21. The summed E-state index contributed by atoms with van der Waals surface area (Å²) in [5, 5.41) is 14.3. The standard InChI is InChI=1S/C21H17Cl4NO3/c1-28-19-7-13(10-26-15-8-16(23)20(27)17(24)9-15)6-18(25)21(19)29-11-12-2-4-14(22)5-3-12/h2-9,26-27H,10-11H2,1H3. The summed E-state index contributed by atoms with van der Waals surface area (Å²) in [5.74, 6) is 0.833. The number of aromatic hydroxyl groups is 1. The Morgan fingerprint density at radius 1 is 0.862 bits per heavy atom. The van der Waals surface area contributed by atoms with Gasteiger partial charge in [0.1, 0.15) is 6.61 Å². The quantitative estimate of drug-likeness (QED) is 0.357. The van der Waals surface area contributed by atoms with Gasteiger partial charge in [0, 0.05) is 17.3 Å². The third-order valence-corrected chi connectivity index (χ3v) is 5.21. The predicted molar refractivity (Wildman–Crippen MR) is 119 cm³/mol. The maximum absolute atomic E-state index is 9.65. The molecule has 3 aromatic rings. The first-order chi connectivity index (χ1) is 13.9. The van der Waals surface area contributed by atoms with Crippen molar-refractivity contribution < 1.29 is 14.6 Å². The first kappa shape index (κ1) is 21.7. The van der Waals surface area contributed by atoms with Gasteiger partial charge in [-0.25, -0.2) is 0 Å². The van der Waals surface area contributed by atoms with Gasteiger partial charge in [0.25, 0.3) is 0 Å². The van der Waals surface area contributed by atoms with Crippen LogP contribution in [-0.2, 0) is 13.2 Å². The Morgan fingerprint density at radius 3 is 2.14 bits per heavy atom. The normalized spacial score (nSPS) is 10.7. The summed E-state index contributed by atoms with van der Waals surface area (Å²) in [7, 11) is 1.55. The van der Waals surface area contributed by atoms with Crippen LogP contribution in [0, 0.1) is 0 Å². The molecule has 0 bridgehead atoms. The van der Waals surface area contributed by atoms with Crippen LogP contribution in [0.15, 0.2) is 48.5 Å². The lowest BCUT2D eigenvalue weighted by Crippen LogP contribution is -2.03. The van der Waals surface area contributed by atoms with Crippen LogP contribution < -0.4 is 14.8 Å². The van der Waals surface area contributed by atoms with Crippen LogP contribution in [0.2, 0.25) is 20.1 Å². The zero-order valence-electron chi connectivity index (χ0n) is 15.3. The van der Waals surface area contributed by atoms with Gasteiger partial charge in [0.2, 0.25) is 0 Å². The van der Waals surface area contributed by atoms with Gasteiger partial charge in [0.15, 0.2) is 17.2 Å². The molecule has 0 heterocycles. The molecule has 3 aromatic carbocycles. The fourth-order valence-corrected chi connectivity index (χ4v) is 3.52. The highest BCUT2D eigenvalue weighted by molar-refractivity contribution is 6.37. The summed E-state index contributed by atoms with van der Waals surface area (Å²) in [5.41, 5.74) is 2.49. The Morgan fingerprint density at radius 2 is 1.52 bits per heavy atom. The largest absolute Gasteiger partial charge is 0.505 e. The van der Waals surface area contributed by atoms with E-state index >= 15 is 0 Å². The number of benzene rings is 3. The van der Waals surface area contributed by atoms with E-state index in [0.29, 0.717) is 40.4 Å². The molecule has 152 valence electrons. The first-order valence-electron chi connectivity index (χ1n) is 8.53. The molecule has 0 spiro atoms. The Balaban J connectivity index is 1.73. The fraction of sp³-hybridized carbons (Fsp3) is 0.143.